The predicted molar refractivity (Wildman–Crippen MR) is 185 cm³/mol. The minimum absolute atomic E-state index is 0.249. The second kappa shape index (κ2) is 15.2. The minimum atomic E-state index is -3.34. The molecule has 0 spiro atoms. The first kappa shape index (κ1) is 33.5. The van der Waals surface area contributed by atoms with E-state index in [0.717, 1.165) is 35.9 Å². The fourth-order valence-electron chi connectivity index (χ4n) is 6.75. The van der Waals surface area contributed by atoms with Crippen LogP contribution in [0.25, 0.3) is 16.7 Å². The van der Waals surface area contributed by atoms with Crippen LogP contribution in [0, 0.1) is 5.92 Å². The first-order valence-corrected chi connectivity index (χ1v) is 18.7. The Bertz CT molecular complexity index is 1810. The van der Waals surface area contributed by atoms with E-state index >= 15 is 0 Å². The molecular formula is C35H44N8O4S. The number of para-hydroxylation sites is 1. The molecule has 1 aliphatic carbocycles. The summed E-state index contributed by atoms with van der Waals surface area (Å²) >= 11 is 0. The van der Waals surface area contributed by atoms with Gasteiger partial charge in [-0.3, -0.25) is 9.59 Å². The minimum Gasteiger partial charge on any atom is -0.365 e. The molecule has 6 rings (SSSR count). The largest absolute Gasteiger partial charge is 0.365 e. The molecule has 2 fully saturated rings. The molecule has 12 nitrogen and oxygen atoms in total. The highest BCUT2D eigenvalue weighted by atomic mass is 32.2. The van der Waals surface area contributed by atoms with Gasteiger partial charge < -0.3 is 16.0 Å². The van der Waals surface area contributed by atoms with Crippen LogP contribution < -0.4 is 16.0 Å². The first-order valence-electron chi connectivity index (χ1n) is 16.9. The number of anilines is 1. The summed E-state index contributed by atoms with van der Waals surface area (Å²) in [6.07, 6.45) is 13.2. The lowest BCUT2D eigenvalue weighted by molar-refractivity contribution is -0.124. The summed E-state index contributed by atoms with van der Waals surface area (Å²) < 4.78 is 27.4. The molecule has 3 N–H and O–H groups in total. The topological polar surface area (TPSA) is 151 Å². The third-order valence-corrected chi connectivity index (χ3v) is 10.7. The van der Waals surface area contributed by atoms with Crippen molar-refractivity contribution in [3.8, 4) is 5.69 Å². The molecule has 2 amide bonds. The second-order valence-corrected chi connectivity index (χ2v) is 15.0. The van der Waals surface area contributed by atoms with Crippen molar-refractivity contribution in [2.24, 2.45) is 5.92 Å². The molecular weight excluding hydrogens is 629 g/mol. The average Bonchev–Trinajstić information content (AvgIpc) is 3.55. The van der Waals surface area contributed by atoms with Gasteiger partial charge in [0.05, 0.1) is 23.5 Å². The summed E-state index contributed by atoms with van der Waals surface area (Å²) in [4.78, 5) is 35.8. The number of fused-ring (bicyclic) bond motifs is 1. The van der Waals surface area contributed by atoms with E-state index < -0.39 is 16.1 Å². The number of sulfonamides is 1. The lowest BCUT2D eigenvalue weighted by Gasteiger charge is -2.32. The summed E-state index contributed by atoms with van der Waals surface area (Å²) in [7, 11) is -3.34. The van der Waals surface area contributed by atoms with Crippen molar-refractivity contribution in [1.82, 2.24) is 34.7 Å². The van der Waals surface area contributed by atoms with Crippen LogP contribution in [0.1, 0.15) is 73.7 Å². The van der Waals surface area contributed by atoms with E-state index in [2.05, 4.69) is 31.0 Å². The number of nitrogens with zero attached hydrogens (tertiary/aromatic N) is 5. The van der Waals surface area contributed by atoms with Gasteiger partial charge in [-0.2, -0.15) is 5.10 Å². The third kappa shape index (κ3) is 8.37. The highest BCUT2D eigenvalue weighted by Gasteiger charge is 2.30. The van der Waals surface area contributed by atoms with E-state index in [0.29, 0.717) is 55.3 Å². The lowest BCUT2D eigenvalue weighted by Crippen LogP contribution is -2.54. The van der Waals surface area contributed by atoms with Crippen LogP contribution in [-0.2, 0) is 21.4 Å². The molecule has 1 saturated carbocycles. The van der Waals surface area contributed by atoms with Crippen LogP contribution in [0.15, 0.2) is 67.1 Å². The van der Waals surface area contributed by atoms with Crippen molar-refractivity contribution in [2.45, 2.75) is 76.4 Å². The third-order valence-electron chi connectivity index (χ3n) is 9.45. The first-order chi connectivity index (χ1) is 23.2. The summed E-state index contributed by atoms with van der Waals surface area (Å²) in [6.45, 7) is 1.18. The quantitative estimate of drug-likeness (QED) is 0.200. The molecule has 0 bridgehead atoms. The monoisotopic (exact) mass is 672 g/mol. The zero-order chi connectivity index (χ0) is 33.5. The van der Waals surface area contributed by atoms with Gasteiger partial charge in [-0.1, -0.05) is 62.4 Å². The zero-order valence-electron chi connectivity index (χ0n) is 27.3. The van der Waals surface area contributed by atoms with Crippen LogP contribution in [0.2, 0.25) is 0 Å². The summed E-state index contributed by atoms with van der Waals surface area (Å²) in [5.74, 6) is 0.642. The van der Waals surface area contributed by atoms with Gasteiger partial charge >= 0.3 is 0 Å². The zero-order valence-corrected chi connectivity index (χ0v) is 28.2. The number of piperidine rings is 1. The number of hydrogen-bond acceptors (Lipinski definition) is 8. The Balaban J connectivity index is 1.09. The van der Waals surface area contributed by atoms with Crippen LogP contribution in [-0.4, -0.2) is 75.7 Å². The normalized spacial score (nSPS) is 18.3. The summed E-state index contributed by atoms with van der Waals surface area (Å²) in [5.41, 5.74) is 3.02. The maximum atomic E-state index is 13.5. The Kier molecular flexibility index (Phi) is 10.7. The molecule has 0 radical (unpaired) electrons. The van der Waals surface area contributed by atoms with Crippen molar-refractivity contribution >= 4 is 38.7 Å². The van der Waals surface area contributed by atoms with E-state index in [9.17, 15) is 18.0 Å². The Hall–Kier alpha value is -4.36. The molecule has 1 unspecified atom stereocenters. The maximum Gasteiger partial charge on any atom is 0.251 e. The van der Waals surface area contributed by atoms with Gasteiger partial charge in [-0.25, -0.2) is 27.4 Å². The predicted octanol–water partition coefficient (Wildman–Crippen LogP) is 4.43. The van der Waals surface area contributed by atoms with Crippen LogP contribution >= 0.6 is 0 Å². The van der Waals surface area contributed by atoms with E-state index in [1.807, 2.05) is 42.5 Å². The summed E-state index contributed by atoms with van der Waals surface area (Å²) in [6, 6.07) is 16.1. The van der Waals surface area contributed by atoms with Gasteiger partial charge in [-0.15, -0.1) is 0 Å². The molecule has 2 atom stereocenters. The van der Waals surface area contributed by atoms with Gasteiger partial charge in [0.2, 0.25) is 15.9 Å². The molecule has 2 aromatic carbocycles. The van der Waals surface area contributed by atoms with E-state index in [1.54, 1.807) is 23.0 Å². The highest BCUT2D eigenvalue weighted by Crippen LogP contribution is 2.28. The van der Waals surface area contributed by atoms with Crippen molar-refractivity contribution in [1.29, 1.82) is 0 Å². The number of hydrogen-bond donors (Lipinski definition) is 3. The number of rotatable bonds is 12. The Morgan fingerprint density at radius 1 is 0.958 bits per heavy atom. The molecule has 48 heavy (non-hydrogen) atoms. The van der Waals surface area contributed by atoms with E-state index in [4.69, 9.17) is 0 Å². The number of carbonyl (C=O) groups excluding carboxylic acids is 2. The van der Waals surface area contributed by atoms with Crippen LogP contribution in [0.4, 0.5) is 5.82 Å². The van der Waals surface area contributed by atoms with Gasteiger partial charge in [0, 0.05) is 31.2 Å². The van der Waals surface area contributed by atoms with Crippen molar-refractivity contribution in [2.75, 3.05) is 24.7 Å². The molecule has 4 aromatic rings. The number of carbonyl (C=O) groups is 2. The number of nitrogens with one attached hydrogen (secondary N) is 3. The molecule has 3 heterocycles. The fourth-order valence-corrected chi connectivity index (χ4v) is 7.67. The maximum absolute atomic E-state index is 13.5. The van der Waals surface area contributed by atoms with Gasteiger partial charge in [0.15, 0.2) is 5.65 Å². The Labute approximate surface area is 281 Å². The highest BCUT2D eigenvalue weighted by molar-refractivity contribution is 7.88. The van der Waals surface area contributed by atoms with Crippen molar-refractivity contribution < 1.29 is 18.0 Å². The van der Waals surface area contributed by atoms with Crippen LogP contribution in [0.5, 0.6) is 0 Å². The molecule has 1 aliphatic heterocycles. The molecule has 1 saturated heterocycles. The van der Waals surface area contributed by atoms with Crippen molar-refractivity contribution in [3.63, 3.8) is 0 Å². The van der Waals surface area contributed by atoms with E-state index in [1.165, 1.54) is 36.2 Å². The number of aromatic nitrogens is 4. The second-order valence-electron chi connectivity index (χ2n) is 13.0. The number of amides is 2. The molecule has 254 valence electrons. The smallest absolute Gasteiger partial charge is 0.251 e. The molecule has 13 heteroatoms. The standard InChI is InChI=1S/C35H44N8O4S/c1-48(46,47)42-20-8-11-28(23-42)40-35(45)31(19-16-25-9-4-2-5-10-25)41-34(44)27-17-14-26(15-18-27)21-36-32-30-22-39-43(33(30)38-24-37-32)29-12-6-3-7-13-29/h3,6-7,12-15,17-18,22,24-25,28,31H,2,4-5,8-11,16,19-21,23H2,1H3,(H,40,45)(H,41,44)(H,36,37,38)/t28?,31-/m0/s1. The average molecular weight is 673 g/mol. The Morgan fingerprint density at radius 3 is 2.48 bits per heavy atom. The van der Waals surface area contributed by atoms with Crippen molar-refractivity contribution in [3.05, 3.63) is 78.2 Å². The molecule has 2 aliphatic rings. The summed E-state index contributed by atoms with van der Waals surface area (Å²) in [5, 5.41) is 14.7. The molecule has 2 aromatic heterocycles. The number of benzene rings is 2. The van der Waals surface area contributed by atoms with Gasteiger partial charge in [0.1, 0.15) is 18.2 Å². The van der Waals surface area contributed by atoms with Gasteiger partial charge in [0.25, 0.3) is 5.91 Å². The SMILES string of the molecule is CS(=O)(=O)N1CCCC(NC(=O)[C@H](CCC2CCCCC2)NC(=O)c2ccc(CNc3ncnc4c3cnn4-c3ccccc3)cc2)C1. The lowest BCUT2D eigenvalue weighted by atomic mass is 9.85. The van der Waals surface area contributed by atoms with Crippen LogP contribution in [0.3, 0.4) is 0 Å². The van der Waals surface area contributed by atoms with Gasteiger partial charge in [-0.05, 0) is 61.4 Å². The fraction of sp³-hybridized carbons (Fsp3) is 0.457. The van der Waals surface area contributed by atoms with E-state index in [-0.39, 0.29) is 24.4 Å². The Morgan fingerprint density at radius 2 is 1.73 bits per heavy atom.